The van der Waals surface area contributed by atoms with Crippen LogP contribution in [0.5, 0.6) is 0 Å². The zero-order valence-electron chi connectivity index (χ0n) is 13.7. The molecule has 0 aliphatic rings. The lowest BCUT2D eigenvalue weighted by atomic mass is 9.79. The van der Waals surface area contributed by atoms with Crippen LogP contribution >= 0.6 is 0 Å². The van der Waals surface area contributed by atoms with Gasteiger partial charge >= 0.3 is 0 Å². The lowest BCUT2D eigenvalue weighted by Gasteiger charge is -2.26. The maximum Gasteiger partial charge on any atom is 0.0934 e. The summed E-state index contributed by atoms with van der Waals surface area (Å²) in [5.41, 5.74) is 6.12. The molecule has 1 heterocycles. The zero-order chi connectivity index (χ0) is 15.8. The largest absolute Gasteiger partial charge is 0.245 e. The summed E-state index contributed by atoms with van der Waals surface area (Å²) in [5.74, 6) is 0.455. The molecule has 2 rings (SSSR count). The maximum atomic E-state index is 4.82. The van der Waals surface area contributed by atoms with E-state index in [4.69, 9.17) is 4.98 Å². The van der Waals surface area contributed by atoms with Gasteiger partial charge in [-0.15, -0.1) is 0 Å². The van der Waals surface area contributed by atoms with Crippen molar-refractivity contribution in [3.05, 3.63) is 47.8 Å². The summed E-state index contributed by atoms with van der Waals surface area (Å²) in [4.78, 5) is 9.51. The third-order valence-corrected chi connectivity index (χ3v) is 3.68. The van der Waals surface area contributed by atoms with E-state index < -0.39 is 0 Å². The molecule has 0 saturated carbocycles. The molecule has 1 aromatic heterocycles. The Morgan fingerprint density at radius 3 is 2.05 bits per heavy atom. The molecule has 0 spiro atoms. The van der Waals surface area contributed by atoms with Crippen molar-refractivity contribution in [2.75, 3.05) is 0 Å². The first-order valence-electron chi connectivity index (χ1n) is 7.39. The Morgan fingerprint density at radius 2 is 1.57 bits per heavy atom. The Morgan fingerprint density at radius 1 is 1.00 bits per heavy atom. The number of aromatic nitrogens is 2. The van der Waals surface area contributed by atoms with E-state index in [0.29, 0.717) is 5.92 Å². The molecule has 1 aromatic carbocycles. The van der Waals surface area contributed by atoms with Crippen LogP contribution in [0.3, 0.4) is 0 Å². The van der Waals surface area contributed by atoms with E-state index in [9.17, 15) is 0 Å². The fourth-order valence-corrected chi connectivity index (χ4v) is 2.73. The topological polar surface area (TPSA) is 25.8 Å². The minimum absolute atomic E-state index is 0.0158. The summed E-state index contributed by atoms with van der Waals surface area (Å²) in [6.07, 6.45) is 3.48. The van der Waals surface area contributed by atoms with Crippen LogP contribution in [0.1, 0.15) is 63.1 Å². The summed E-state index contributed by atoms with van der Waals surface area (Å²) in [6, 6.07) is 4.25. The summed E-state index contributed by atoms with van der Waals surface area (Å²) >= 11 is 0. The van der Waals surface area contributed by atoms with Gasteiger partial charge in [0.1, 0.15) is 0 Å². The van der Waals surface area contributed by atoms with Gasteiger partial charge in [0.25, 0.3) is 0 Å². The quantitative estimate of drug-likeness (QED) is 0.758. The normalized spacial score (nSPS) is 11.9. The molecule has 0 aliphatic heterocycles. The van der Waals surface area contributed by atoms with Crippen LogP contribution in [0.15, 0.2) is 25.3 Å². The first-order chi connectivity index (χ1) is 9.79. The van der Waals surface area contributed by atoms with Gasteiger partial charge in [0.2, 0.25) is 0 Å². The minimum Gasteiger partial charge on any atom is -0.245 e. The fourth-order valence-electron chi connectivity index (χ4n) is 2.73. The molecule has 2 nitrogen and oxygen atoms in total. The molecule has 0 atom stereocenters. The monoisotopic (exact) mass is 280 g/mol. The Hall–Kier alpha value is -1.96. The average Bonchev–Trinajstić information content (AvgIpc) is 2.42. The summed E-state index contributed by atoms with van der Waals surface area (Å²) < 4.78 is 0. The molecule has 0 saturated heterocycles. The van der Waals surface area contributed by atoms with Gasteiger partial charge in [0.15, 0.2) is 0 Å². The SMILES string of the molecule is C=Cc1nc2ccc(C(C)C)c(C(C)(C)C)c2nc1C=C. The summed E-state index contributed by atoms with van der Waals surface area (Å²) in [5, 5.41) is 0. The van der Waals surface area contributed by atoms with Crippen molar-refractivity contribution < 1.29 is 0 Å². The molecule has 110 valence electrons. The highest BCUT2D eigenvalue weighted by atomic mass is 14.8. The van der Waals surface area contributed by atoms with Crippen molar-refractivity contribution in [1.29, 1.82) is 0 Å². The van der Waals surface area contributed by atoms with E-state index in [-0.39, 0.29) is 5.41 Å². The molecule has 0 radical (unpaired) electrons. The molecular weight excluding hydrogens is 256 g/mol. The average molecular weight is 280 g/mol. The molecule has 21 heavy (non-hydrogen) atoms. The highest BCUT2D eigenvalue weighted by Gasteiger charge is 2.24. The Labute approximate surface area is 127 Å². The second kappa shape index (κ2) is 5.44. The van der Waals surface area contributed by atoms with E-state index in [1.807, 2.05) is 0 Å². The highest BCUT2D eigenvalue weighted by Crippen LogP contribution is 2.35. The van der Waals surface area contributed by atoms with Crippen LogP contribution in [0.25, 0.3) is 23.2 Å². The number of rotatable bonds is 3. The summed E-state index contributed by atoms with van der Waals surface area (Å²) in [7, 11) is 0. The van der Waals surface area contributed by atoms with Gasteiger partial charge in [-0.1, -0.05) is 53.8 Å². The van der Waals surface area contributed by atoms with E-state index in [0.717, 1.165) is 22.4 Å². The maximum absolute atomic E-state index is 4.82. The lowest BCUT2D eigenvalue weighted by molar-refractivity contribution is 0.581. The molecule has 0 amide bonds. The zero-order valence-corrected chi connectivity index (χ0v) is 13.7. The third-order valence-electron chi connectivity index (χ3n) is 3.68. The Kier molecular flexibility index (Phi) is 3.99. The van der Waals surface area contributed by atoms with Crippen molar-refractivity contribution in [3.8, 4) is 0 Å². The second-order valence-corrected chi connectivity index (χ2v) is 6.70. The van der Waals surface area contributed by atoms with Crippen molar-refractivity contribution in [3.63, 3.8) is 0 Å². The third kappa shape index (κ3) is 2.76. The van der Waals surface area contributed by atoms with Crippen molar-refractivity contribution >= 4 is 23.2 Å². The van der Waals surface area contributed by atoms with Gasteiger partial charge in [0.05, 0.1) is 22.4 Å². The van der Waals surface area contributed by atoms with Crippen molar-refractivity contribution in [1.82, 2.24) is 9.97 Å². The standard InChI is InChI=1S/C19H24N2/c1-8-14-15(9-2)21-18-16(20-14)11-10-13(12(3)4)17(18)19(5,6)7/h8-12H,1-2H2,3-7H3. The molecule has 0 N–H and O–H groups in total. The molecule has 0 fully saturated rings. The smallest absolute Gasteiger partial charge is 0.0934 e. The number of benzene rings is 1. The van der Waals surface area contributed by atoms with Crippen LogP contribution in [0.4, 0.5) is 0 Å². The highest BCUT2D eigenvalue weighted by molar-refractivity contribution is 5.83. The fraction of sp³-hybridized carbons (Fsp3) is 0.368. The van der Waals surface area contributed by atoms with E-state index in [1.165, 1.54) is 11.1 Å². The minimum atomic E-state index is 0.0158. The van der Waals surface area contributed by atoms with Gasteiger partial charge in [0, 0.05) is 0 Å². The predicted octanol–water partition coefficient (Wildman–Crippen LogP) is 5.34. The first-order valence-corrected chi connectivity index (χ1v) is 7.39. The van der Waals surface area contributed by atoms with Gasteiger partial charge < -0.3 is 0 Å². The number of hydrogen-bond donors (Lipinski definition) is 0. The predicted molar refractivity (Wildman–Crippen MR) is 92.5 cm³/mol. The van der Waals surface area contributed by atoms with E-state index in [1.54, 1.807) is 12.2 Å². The summed E-state index contributed by atoms with van der Waals surface area (Å²) in [6.45, 7) is 18.8. The van der Waals surface area contributed by atoms with Crippen molar-refractivity contribution in [2.45, 2.75) is 46.0 Å². The lowest BCUT2D eigenvalue weighted by Crippen LogP contribution is -2.17. The number of fused-ring (bicyclic) bond motifs is 1. The molecule has 0 bridgehead atoms. The van der Waals surface area contributed by atoms with Crippen LogP contribution in [-0.2, 0) is 5.41 Å². The Balaban J connectivity index is 2.95. The molecular formula is C19H24N2. The van der Waals surface area contributed by atoms with E-state index >= 15 is 0 Å². The van der Waals surface area contributed by atoms with Gasteiger partial charge in [-0.05, 0) is 40.7 Å². The van der Waals surface area contributed by atoms with Gasteiger partial charge in [-0.25, -0.2) is 9.97 Å². The van der Waals surface area contributed by atoms with Crippen LogP contribution < -0.4 is 0 Å². The molecule has 0 unspecified atom stereocenters. The van der Waals surface area contributed by atoms with Crippen LogP contribution in [0.2, 0.25) is 0 Å². The number of nitrogens with zero attached hydrogens (tertiary/aromatic N) is 2. The first kappa shape index (κ1) is 15.4. The Bertz CT molecular complexity index is 704. The van der Waals surface area contributed by atoms with Crippen LogP contribution in [-0.4, -0.2) is 9.97 Å². The molecule has 2 aromatic rings. The number of hydrogen-bond acceptors (Lipinski definition) is 2. The second-order valence-electron chi connectivity index (χ2n) is 6.70. The van der Waals surface area contributed by atoms with E-state index in [2.05, 4.69) is 64.9 Å². The van der Waals surface area contributed by atoms with Gasteiger partial charge in [-0.2, -0.15) is 0 Å². The van der Waals surface area contributed by atoms with Gasteiger partial charge in [-0.3, -0.25) is 0 Å². The van der Waals surface area contributed by atoms with Crippen molar-refractivity contribution in [2.24, 2.45) is 0 Å². The molecule has 0 aliphatic carbocycles. The van der Waals surface area contributed by atoms with Crippen LogP contribution in [0, 0.1) is 0 Å². The molecule has 2 heteroatoms.